The maximum atomic E-state index is 11.1. The van der Waals surface area contributed by atoms with E-state index in [-0.39, 0.29) is 18.0 Å². The van der Waals surface area contributed by atoms with Gasteiger partial charge < -0.3 is 5.32 Å². The van der Waals surface area contributed by atoms with Crippen LogP contribution in [0.15, 0.2) is 0 Å². The molecular formula is C8H13IN2O2. The molecule has 0 bridgehead atoms. The lowest BCUT2D eigenvalue weighted by molar-refractivity contribution is -0.117. The number of hydrogen-bond donors (Lipinski definition) is 2. The second-order valence-corrected chi connectivity index (χ2v) is 3.90. The molecule has 5 heteroatoms. The molecule has 0 unspecified atom stereocenters. The Morgan fingerprint density at radius 3 is 2.46 bits per heavy atom. The largest absolute Gasteiger partial charge is 0.335 e. The highest BCUT2D eigenvalue weighted by molar-refractivity contribution is 14.1. The molecule has 0 aromatic rings. The van der Waals surface area contributed by atoms with Crippen LogP contribution in [0.2, 0.25) is 0 Å². The fraction of sp³-hybridized carbons (Fsp3) is 0.750. The summed E-state index contributed by atoms with van der Waals surface area (Å²) in [6.45, 7) is 0. The lowest BCUT2D eigenvalue weighted by atomic mass is 10.3. The Kier molecular flexibility index (Phi) is 4.47. The van der Waals surface area contributed by atoms with E-state index < -0.39 is 0 Å². The predicted molar refractivity (Wildman–Crippen MR) is 57.8 cm³/mol. The van der Waals surface area contributed by atoms with Crippen LogP contribution in [0.5, 0.6) is 0 Å². The van der Waals surface area contributed by atoms with Gasteiger partial charge in [-0.25, -0.2) is 4.79 Å². The highest BCUT2D eigenvalue weighted by Gasteiger charge is 2.17. The fourth-order valence-corrected chi connectivity index (χ4v) is 1.64. The molecule has 0 radical (unpaired) electrons. The number of nitrogens with one attached hydrogen (secondary N) is 2. The van der Waals surface area contributed by atoms with Crippen LogP contribution >= 0.6 is 22.6 Å². The Hall–Kier alpha value is -0.330. The quantitative estimate of drug-likeness (QED) is 0.594. The third-order valence-corrected chi connectivity index (χ3v) is 2.76. The Morgan fingerprint density at radius 2 is 1.92 bits per heavy atom. The van der Waals surface area contributed by atoms with Crippen LogP contribution in [0.4, 0.5) is 4.79 Å². The first kappa shape index (κ1) is 10.7. The standard InChI is InChI=1S/C8H13IN2O2/c9-5-7(12)11-8(13)10-6-3-1-2-4-6/h6H,1-5H2,(H2,10,11,12,13). The van der Waals surface area contributed by atoms with Gasteiger partial charge in [0.05, 0.1) is 4.43 Å². The van der Waals surface area contributed by atoms with Gasteiger partial charge in [0.2, 0.25) is 5.91 Å². The average Bonchev–Trinajstić information content (AvgIpc) is 2.56. The van der Waals surface area contributed by atoms with Crippen LogP contribution in [0.1, 0.15) is 25.7 Å². The molecule has 0 heterocycles. The van der Waals surface area contributed by atoms with E-state index in [4.69, 9.17) is 0 Å². The molecule has 0 aromatic carbocycles. The number of urea groups is 1. The molecule has 1 aliphatic carbocycles. The molecule has 1 aliphatic rings. The molecule has 2 N–H and O–H groups in total. The van der Waals surface area contributed by atoms with Gasteiger partial charge in [0.25, 0.3) is 0 Å². The van der Waals surface area contributed by atoms with Crippen LogP contribution in [0.25, 0.3) is 0 Å². The summed E-state index contributed by atoms with van der Waals surface area (Å²) in [6.07, 6.45) is 4.41. The van der Waals surface area contributed by atoms with Gasteiger partial charge in [-0.05, 0) is 12.8 Å². The summed E-state index contributed by atoms with van der Waals surface area (Å²) in [5.41, 5.74) is 0. The number of hydrogen-bond acceptors (Lipinski definition) is 2. The monoisotopic (exact) mass is 296 g/mol. The molecule has 3 amide bonds. The number of amides is 3. The number of halogens is 1. The number of carbonyl (C=O) groups is 2. The fourth-order valence-electron chi connectivity index (χ4n) is 1.45. The number of rotatable bonds is 2. The van der Waals surface area contributed by atoms with Crippen molar-refractivity contribution in [2.24, 2.45) is 0 Å². The van der Waals surface area contributed by atoms with Gasteiger partial charge >= 0.3 is 6.03 Å². The lowest BCUT2D eigenvalue weighted by Gasteiger charge is -2.11. The Labute approximate surface area is 91.0 Å². The second-order valence-electron chi connectivity index (χ2n) is 3.14. The first-order valence-electron chi connectivity index (χ1n) is 4.38. The smallest absolute Gasteiger partial charge is 0.321 e. The Morgan fingerprint density at radius 1 is 1.31 bits per heavy atom. The zero-order valence-electron chi connectivity index (χ0n) is 7.31. The van der Waals surface area contributed by atoms with Crippen molar-refractivity contribution in [3.8, 4) is 0 Å². The van der Waals surface area contributed by atoms with Crippen LogP contribution in [-0.2, 0) is 4.79 Å². The van der Waals surface area contributed by atoms with Crippen molar-refractivity contribution in [3.05, 3.63) is 0 Å². The summed E-state index contributed by atoms with van der Waals surface area (Å²) in [6, 6.07) is -0.0874. The number of imide groups is 1. The Bertz CT molecular complexity index is 202. The Balaban J connectivity index is 2.20. The van der Waals surface area contributed by atoms with Crippen molar-refractivity contribution in [1.29, 1.82) is 0 Å². The SMILES string of the molecule is O=C(CI)NC(=O)NC1CCCC1. The first-order chi connectivity index (χ1) is 6.22. The number of carbonyl (C=O) groups excluding carboxylic acids is 2. The molecule has 1 rings (SSSR count). The molecule has 0 aromatic heterocycles. The van der Waals surface area contributed by atoms with Crippen LogP contribution in [0.3, 0.4) is 0 Å². The van der Waals surface area contributed by atoms with Gasteiger partial charge in [0.1, 0.15) is 0 Å². The minimum Gasteiger partial charge on any atom is -0.335 e. The zero-order chi connectivity index (χ0) is 9.68. The molecule has 4 nitrogen and oxygen atoms in total. The van der Waals surface area contributed by atoms with Gasteiger partial charge in [0.15, 0.2) is 0 Å². The predicted octanol–water partition coefficient (Wildman–Crippen LogP) is 1.19. The van der Waals surface area contributed by atoms with Gasteiger partial charge in [0, 0.05) is 6.04 Å². The molecule has 1 saturated carbocycles. The molecule has 0 aliphatic heterocycles. The molecule has 0 atom stereocenters. The molecular weight excluding hydrogens is 283 g/mol. The van der Waals surface area contributed by atoms with Crippen molar-refractivity contribution >= 4 is 34.5 Å². The summed E-state index contributed by atoms with van der Waals surface area (Å²) >= 11 is 1.92. The average molecular weight is 296 g/mol. The minimum absolute atomic E-state index is 0.240. The minimum atomic E-state index is -0.353. The summed E-state index contributed by atoms with van der Waals surface area (Å²) in [5, 5.41) is 5.03. The van der Waals surface area contributed by atoms with Gasteiger partial charge in [-0.1, -0.05) is 35.4 Å². The molecule has 74 valence electrons. The van der Waals surface area contributed by atoms with E-state index in [9.17, 15) is 9.59 Å². The van der Waals surface area contributed by atoms with Crippen molar-refractivity contribution in [3.63, 3.8) is 0 Å². The summed E-state index contributed by atoms with van der Waals surface area (Å²) < 4.78 is 0.315. The van der Waals surface area contributed by atoms with Crippen LogP contribution in [0, 0.1) is 0 Å². The van der Waals surface area contributed by atoms with E-state index in [0.29, 0.717) is 4.43 Å². The maximum absolute atomic E-state index is 11.1. The van der Waals surface area contributed by atoms with E-state index >= 15 is 0 Å². The van der Waals surface area contributed by atoms with Crippen molar-refractivity contribution in [2.45, 2.75) is 31.7 Å². The third kappa shape index (κ3) is 3.93. The summed E-state index contributed by atoms with van der Waals surface area (Å²) in [4.78, 5) is 21.9. The van der Waals surface area contributed by atoms with E-state index in [2.05, 4.69) is 10.6 Å². The van der Waals surface area contributed by atoms with Gasteiger partial charge in [-0.15, -0.1) is 0 Å². The van der Waals surface area contributed by atoms with Crippen molar-refractivity contribution in [1.82, 2.24) is 10.6 Å². The van der Waals surface area contributed by atoms with E-state index in [1.165, 1.54) is 12.8 Å². The number of alkyl halides is 1. The highest BCUT2D eigenvalue weighted by Crippen LogP contribution is 2.17. The van der Waals surface area contributed by atoms with Gasteiger partial charge in [-0.2, -0.15) is 0 Å². The normalized spacial score (nSPS) is 17.0. The van der Waals surface area contributed by atoms with E-state index in [0.717, 1.165) is 12.8 Å². The van der Waals surface area contributed by atoms with E-state index in [1.807, 2.05) is 22.6 Å². The maximum Gasteiger partial charge on any atom is 0.321 e. The topological polar surface area (TPSA) is 58.2 Å². The van der Waals surface area contributed by atoms with Crippen molar-refractivity contribution in [2.75, 3.05) is 4.43 Å². The van der Waals surface area contributed by atoms with Crippen LogP contribution in [-0.4, -0.2) is 22.4 Å². The third-order valence-electron chi connectivity index (χ3n) is 2.06. The molecule has 13 heavy (non-hydrogen) atoms. The lowest BCUT2D eigenvalue weighted by Crippen LogP contribution is -2.43. The second kappa shape index (κ2) is 5.41. The molecule has 0 saturated heterocycles. The molecule has 0 spiro atoms. The van der Waals surface area contributed by atoms with Gasteiger partial charge in [-0.3, -0.25) is 10.1 Å². The molecule has 1 fully saturated rings. The zero-order valence-corrected chi connectivity index (χ0v) is 9.46. The summed E-state index contributed by atoms with van der Waals surface area (Å²) in [5.74, 6) is -0.240. The van der Waals surface area contributed by atoms with E-state index in [1.54, 1.807) is 0 Å². The van der Waals surface area contributed by atoms with Crippen LogP contribution < -0.4 is 10.6 Å². The first-order valence-corrected chi connectivity index (χ1v) is 5.91. The highest BCUT2D eigenvalue weighted by atomic mass is 127. The van der Waals surface area contributed by atoms with Crippen molar-refractivity contribution < 1.29 is 9.59 Å². The summed E-state index contributed by atoms with van der Waals surface area (Å²) in [7, 11) is 0.